The molecule has 3 nitrogen and oxygen atoms in total. The van der Waals surface area contributed by atoms with Crippen molar-refractivity contribution >= 4 is 0 Å². The Kier molecular flexibility index (Phi) is 2.15. The molecule has 0 amide bonds. The van der Waals surface area contributed by atoms with Crippen LogP contribution in [0.2, 0.25) is 0 Å². The van der Waals surface area contributed by atoms with Gasteiger partial charge in [0.1, 0.15) is 0 Å². The van der Waals surface area contributed by atoms with Crippen molar-refractivity contribution in [2.45, 2.75) is 31.6 Å². The van der Waals surface area contributed by atoms with E-state index in [-0.39, 0.29) is 0 Å². The second-order valence-corrected chi connectivity index (χ2v) is 3.30. The number of furan rings is 1. The first-order chi connectivity index (χ1) is 5.84. The van der Waals surface area contributed by atoms with Gasteiger partial charge in [-0.1, -0.05) is 0 Å². The maximum absolute atomic E-state index is 5.62. The fraction of sp³-hybridized carbons (Fsp3) is 0.556. The van der Waals surface area contributed by atoms with Gasteiger partial charge in [-0.2, -0.15) is 0 Å². The molecule has 1 aromatic heterocycles. The molecule has 1 heterocycles. The number of hydrogen-bond donors (Lipinski definition) is 1. The lowest BCUT2D eigenvalue weighted by molar-refractivity contribution is -0.0190. The van der Waals surface area contributed by atoms with Gasteiger partial charge in [-0.25, -0.2) is 0 Å². The number of ether oxygens (including phenoxy) is 1. The Hall–Kier alpha value is -0.800. The maximum atomic E-state index is 5.62. The lowest BCUT2D eigenvalue weighted by Gasteiger charge is -2.31. The summed E-state index contributed by atoms with van der Waals surface area (Å²) in [6, 6.07) is 2.28. The molecule has 1 aromatic rings. The molecule has 1 fully saturated rings. The van der Waals surface area contributed by atoms with Gasteiger partial charge in [-0.15, -0.1) is 0 Å². The largest absolute Gasteiger partial charge is 0.472 e. The van der Waals surface area contributed by atoms with Gasteiger partial charge >= 0.3 is 0 Å². The molecule has 12 heavy (non-hydrogen) atoms. The third-order valence-corrected chi connectivity index (χ3v) is 2.20. The third-order valence-electron chi connectivity index (χ3n) is 2.20. The standard InChI is InChI=1S/C9H13NO2/c10-8-3-9(4-8)12-6-7-1-2-11-5-7/h1-2,5,8-9H,3-4,6,10H2. The van der Waals surface area contributed by atoms with Crippen molar-refractivity contribution in [3.8, 4) is 0 Å². The molecule has 0 saturated heterocycles. The highest BCUT2D eigenvalue weighted by molar-refractivity contribution is 5.03. The molecule has 1 aliphatic carbocycles. The van der Waals surface area contributed by atoms with Crippen molar-refractivity contribution in [3.05, 3.63) is 24.2 Å². The smallest absolute Gasteiger partial charge is 0.0957 e. The molecule has 66 valence electrons. The Morgan fingerprint density at radius 3 is 3.00 bits per heavy atom. The van der Waals surface area contributed by atoms with Gasteiger partial charge in [0, 0.05) is 11.6 Å². The molecule has 0 radical (unpaired) electrons. The number of nitrogens with two attached hydrogens (primary N) is 1. The molecule has 1 saturated carbocycles. The van der Waals surface area contributed by atoms with E-state index < -0.39 is 0 Å². The predicted molar refractivity (Wildman–Crippen MR) is 44.5 cm³/mol. The van der Waals surface area contributed by atoms with Crippen LogP contribution in [0, 0.1) is 0 Å². The van der Waals surface area contributed by atoms with E-state index in [1.54, 1.807) is 12.5 Å². The van der Waals surface area contributed by atoms with Crippen LogP contribution >= 0.6 is 0 Å². The van der Waals surface area contributed by atoms with Crippen molar-refractivity contribution in [3.63, 3.8) is 0 Å². The average molecular weight is 167 g/mol. The monoisotopic (exact) mass is 167 g/mol. The number of hydrogen-bond acceptors (Lipinski definition) is 3. The van der Waals surface area contributed by atoms with E-state index in [0.29, 0.717) is 18.8 Å². The fourth-order valence-corrected chi connectivity index (χ4v) is 1.33. The molecule has 0 unspecified atom stereocenters. The van der Waals surface area contributed by atoms with Gasteiger partial charge in [0.05, 0.1) is 25.2 Å². The molecule has 0 bridgehead atoms. The lowest BCUT2D eigenvalue weighted by Crippen LogP contribution is -2.41. The summed E-state index contributed by atoms with van der Waals surface area (Å²) < 4.78 is 10.5. The zero-order valence-corrected chi connectivity index (χ0v) is 6.90. The zero-order chi connectivity index (χ0) is 8.39. The van der Waals surface area contributed by atoms with Crippen LogP contribution in [0.4, 0.5) is 0 Å². The minimum atomic E-state index is 0.361. The Morgan fingerprint density at radius 1 is 1.58 bits per heavy atom. The van der Waals surface area contributed by atoms with Gasteiger partial charge in [-0.05, 0) is 18.9 Å². The summed E-state index contributed by atoms with van der Waals surface area (Å²) >= 11 is 0. The molecule has 1 aliphatic rings. The Labute approximate surface area is 71.5 Å². The first-order valence-electron chi connectivity index (χ1n) is 4.23. The molecular formula is C9H13NO2. The van der Waals surface area contributed by atoms with E-state index in [1.165, 1.54) is 0 Å². The maximum Gasteiger partial charge on any atom is 0.0957 e. The SMILES string of the molecule is NC1CC(OCc2ccoc2)C1. The molecule has 0 spiro atoms. The van der Waals surface area contributed by atoms with Gasteiger partial charge in [0.25, 0.3) is 0 Å². The quantitative estimate of drug-likeness (QED) is 0.737. The summed E-state index contributed by atoms with van der Waals surface area (Å²) in [6.45, 7) is 0.647. The van der Waals surface area contributed by atoms with Crippen molar-refractivity contribution in [2.75, 3.05) is 0 Å². The first-order valence-corrected chi connectivity index (χ1v) is 4.23. The van der Waals surface area contributed by atoms with Crippen molar-refractivity contribution < 1.29 is 9.15 Å². The topological polar surface area (TPSA) is 48.4 Å². The van der Waals surface area contributed by atoms with E-state index in [1.807, 2.05) is 6.07 Å². The van der Waals surface area contributed by atoms with Gasteiger partial charge < -0.3 is 14.9 Å². The van der Waals surface area contributed by atoms with Gasteiger partial charge in [0.2, 0.25) is 0 Å². The van der Waals surface area contributed by atoms with Crippen LogP contribution in [0.5, 0.6) is 0 Å². The van der Waals surface area contributed by atoms with Crippen LogP contribution in [0.15, 0.2) is 23.0 Å². The van der Waals surface area contributed by atoms with Crippen molar-refractivity contribution in [1.29, 1.82) is 0 Å². The van der Waals surface area contributed by atoms with Crippen LogP contribution in [0.25, 0.3) is 0 Å². The van der Waals surface area contributed by atoms with E-state index in [9.17, 15) is 0 Å². The first kappa shape index (κ1) is 7.83. The number of rotatable bonds is 3. The third kappa shape index (κ3) is 1.68. The van der Waals surface area contributed by atoms with Crippen LogP contribution < -0.4 is 5.73 Å². The summed E-state index contributed by atoms with van der Waals surface area (Å²) in [5.74, 6) is 0. The molecular weight excluding hydrogens is 154 g/mol. The molecule has 0 atom stereocenters. The van der Waals surface area contributed by atoms with E-state index in [2.05, 4.69) is 0 Å². The summed E-state index contributed by atoms with van der Waals surface area (Å²) in [4.78, 5) is 0. The Bertz CT molecular complexity index is 227. The highest BCUT2D eigenvalue weighted by Gasteiger charge is 2.26. The fourth-order valence-electron chi connectivity index (χ4n) is 1.33. The van der Waals surface area contributed by atoms with Crippen molar-refractivity contribution in [1.82, 2.24) is 0 Å². The molecule has 3 heteroatoms. The summed E-state index contributed by atoms with van der Waals surface area (Å²) in [7, 11) is 0. The predicted octanol–water partition coefficient (Wildman–Crippen LogP) is 1.29. The average Bonchev–Trinajstić information content (AvgIpc) is 2.47. The Morgan fingerprint density at radius 2 is 2.42 bits per heavy atom. The van der Waals surface area contributed by atoms with E-state index in [0.717, 1.165) is 18.4 Å². The molecule has 0 aliphatic heterocycles. The second kappa shape index (κ2) is 3.29. The molecule has 0 aromatic carbocycles. The minimum Gasteiger partial charge on any atom is -0.472 e. The zero-order valence-electron chi connectivity index (χ0n) is 6.90. The van der Waals surface area contributed by atoms with E-state index in [4.69, 9.17) is 14.9 Å². The summed E-state index contributed by atoms with van der Waals surface area (Å²) in [5, 5.41) is 0. The summed E-state index contributed by atoms with van der Waals surface area (Å²) in [5.41, 5.74) is 6.71. The summed E-state index contributed by atoms with van der Waals surface area (Å²) in [6.07, 6.45) is 5.73. The second-order valence-electron chi connectivity index (χ2n) is 3.30. The molecule has 2 N–H and O–H groups in total. The highest BCUT2D eigenvalue weighted by atomic mass is 16.5. The van der Waals surface area contributed by atoms with Crippen molar-refractivity contribution in [2.24, 2.45) is 5.73 Å². The van der Waals surface area contributed by atoms with E-state index >= 15 is 0 Å². The Balaban J connectivity index is 1.70. The van der Waals surface area contributed by atoms with Crippen LogP contribution in [0.1, 0.15) is 18.4 Å². The lowest BCUT2D eigenvalue weighted by atomic mass is 9.90. The van der Waals surface area contributed by atoms with Crippen LogP contribution in [-0.4, -0.2) is 12.1 Å². The normalized spacial score (nSPS) is 28.4. The van der Waals surface area contributed by atoms with Crippen LogP contribution in [0.3, 0.4) is 0 Å². The van der Waals surface area contributed by atoms with Gasteiger partial charge in [0.15, 0.2) is 0 Å². The van der Waals surface area contributed by atoms with Crippen LogP contribution in [-0.2, 0) is 11.3 Å². The highest BCUT2D eigenvalue weighted by Crippen LogP contribution is 2.22. The molecule has 2 rings (SSSR count). The van der Waals surface area contributed by atoms with Gasteiger partial charge in [-0.3, -0.25) is 0 Å². The minimum absolute atomic E-state index is 0.361.